The van der Waals surface area contributed by atoms with E-state index in [1.54, 1.807) is 6.92 Å². The number of halogens is 1. The Hall–Kier alpha value is -2.40. The SMILES string of the molecule is Cc1nc2cc(-c3ccccc3)nn2c(Cl)c1CC(=O)O. The van der Waals surface area contributed by atoms with Crippen LogP contribution in [0.25, 0.3) is 16.9 Å². The van der Waals surface area contributed by atoms with Gasteiger partial charge >= 0.3 is 5.97 Å². The molecule has 3 rings (SSSR count). The summed E-state index contributed by atoms with van der Waals surface area (Å²) in [4.78, 5) is 15.3. The van der Waals surface area contributed by atoms with E-state index in [1.165, 1.54) is 4.52 Å². The van der Waals surface area contributed by atoms with E-state index in [0.717, 1.165) is 11.3 Å². The fourth-order valence-corrected chi connectivity index (χ4v) is 2.54. The van der Waals surface area contributed by atoms with Gasteiger partial charge < -0.3 is 5.11 Å². The maximum atomic E-state index is 10.9. The minimum Gasteiger partial charge on any atom is -0.481 e. The van der Waals surface area contributed by atoms with Gasteiger partial charge in [-0.2, -0.15) is 5.10 Å². The molecule has 6 heteroatoms. The van der Waals surface area contributed by atoms with Gasteiger partial charge in [0.05, 0.1) is 12.1 Å². The fraction of sp³-hybridized carbons (Fsp3) is 0.133. The summed E-state index contributed by atoms with van der Waals surface area (Å²) in [6.07, 6.45) is -0.172. The Bertz CT molecular complexity index is 828. The summed E-state index contributed by atoms with van der Waals surface area (Å²) in [5.41, 5.74) is 3.40. The molecule has 0 unspecified atom stereocenters. The molecule has 5 nitrogen and oxygen atoms in total. The van der Waals surface area contributed by atoms with Gasteiger partial charge in [-0.3, -0.25) is 4.79 Å². The summed E-state index contributed by atoms with van der Waals surface area (Å²) >= 11 is 6.29. The summed E-state index contributed by atoms with van der Waals surface area (Å²) in [6, 6.07) is 11.5. The van der Waals surface area contributed by atoms with Crippen LogP contribution < -0.4 is 0 Å². The normalized spacial score (nSPS) is 11.0. The van der Waals surface area contributed by atoms with Gasteiger partial charge in [-0.25, -0.2) is 9.50 Å². The van der Waals surface area contributed by atoms with Crippen molar-refractivity contribution in [2.45, 2.75) is 13.3 Å². The topological polar surface area (TPSA) is 67.5 Å². The molecule has 0 spiro atoms. The lowest BCUT2D eigenvalue weighted by atomic mass is 10.1. The summed E-state index contributed by atoms with van der Waals surface area (Å²) in [5, 5.41) is 13.7. The van der Waals surface area contributed by atoms with Crippen LogP contribution in [0.2, 0.25) is 5.15 Å². The second-order valence-corrected chi connectivity index (χ2v) is 5.06. The van der Waals surface area contributed by atoms with Crippen LogP contribution in [0.5, 0.6) is 0 Å². The molecule has 3 aromatic rings. The van der Waals surface area contributed by atoms with Crippen molar-refractivity contribution in [2.24, 2.45) is 0 Å². The van der Waals surface area contributed by atoms with Crippen molar-refractivity contribution in [2.75, 3.05) is 0 Å². The highest BCUT2D eigenvalue weighted by atomic mass is 35.5. The minimum absolute atomic E-state index is 0.172. The number of nitrogens with zero attached hydrogens (tertiary/aromatic N) is 3. The third-order valence-corrected chi connectivity index (χ3v) is 3.63. The van der Waals surface area contributed by atoms with E-state index in [4.69, 9.17) is 16.7 Å². The first-order chi connectivity index (χ1) is 10.1. The molecule has 106 valence electrons. The molecule has 1 N–H and O–H groups in total. The van der Waals surface area contributed by atoms with E-state index in [9.17, 15) is 4.79 Å². The van der Waals surface area contributed by atoms with Crippen molar-refractivity contribution in [3.05, 3.63) is 52.8 Å². The van der Waals surface area contributed by atoms with E-state index < -0.39 is 5.97 Å². The number of hydrogen-bond donors (Lipinski definition) is 1. The van der Waals surface area contributed by atoms with Crippen molar-refractivity contribution in [3.63, 3.8) is 0 Å². The van der Waals surface area contributed by atoms with Crippen LogP contribution >= 0.6 is 11.6 Å². The van der Waals surface area contributed by atoms with Crippen LogP contribution in [0.1, 0.15) is 11.3 Å². The van der Waals surface area contributed by atoms with E-state index in [-0.39, 0.29) is 6.42 Å². The van der Waals surface area contributed by atoms with Gasteiger partial charge in [0.25, 0.3) is 0 Å². The number of benzene rings is 1. The van der Waals surface area contributed by atoms with E-state index in [2.05, 4.69) is 10.1 Å². The molecule has 1 aromatic carbocycles. The monoisotopic (exact) mass is 301 g/mol. The highest BCUT2D eigenvalue weighted by Gasteiger charge is 2.16. The second kappa shape index (κ2) is 5.18. The van der Waals surface area contributed by atoms with Crippen molar-refractivity contribution >= 4 is 23.2 Å². The van der Waals surface area contributed by atoms with Crippen molar-refractivity contribution in [1.29, 1.82) is 0 Å². The Labute approximate surface area is 125 Å². The molecule has 0 aliphatic carbocycles. The third-order valence-electron chi connectivity index (χ3n) is 3.24. The molecular weight excluding hydrogens is 290 g/mol. The van der Waals surface area contributed by atoms with Crippen LogP contribution in [-0.4, -0.2) is 25.7 Å². The largest absolute Gasteiger partial charge is 0.481 e. The number of carboxylic acid groups (broad SMARTS) is 1. The Morgan fingerprint density at radius 3 is 2.71 bits per heavy atom. The van der Waals surface area contributed by atoms with Gasteiger partial charge in [0.15, 0.2) is 5.65 Å². The number of aromatic nitrogens is 3. The number of aliphatic carboxylic acids is 1. The molecule has 0 amide bonds. The van der Waals surface area contributed by atoms with Crippen molar-refractivity contribution < 1.29 is 9.90 Å². The van der Waals surface area contributed by atoms with Crippen LogP contribution in [-0.2, 0) is 11.2 Å². The Morgan fingerprint density at radius 1 is 1.33 bits per heavy atom. The third kappa shape index (κ3) is 2.48. The Balaban J connectivity index is 2.18. The Kier molecular flexibility index (Phi) is 3.35. The van der Waals surface area contributed by atoms with Gasteiger partial charge in [-0.05, 0) is 6.92 Å². The van der Waals surface area contributed by atoms with Crippen molar-refractivity contribution in [1.82, 2.24) is 14.6 Å². The van der Waals surface area contributed by atoms with Gasteiger partial charge in [-0.1, -0.05) is 41.9 Å². The summed E-state index contributed by atoms with van der Waals surface area (Å²) in [5.74, 6) is -0.948. The summed E-state index contributed by atoms with van der Waals surface area (Å²) < 4.78 is 1.48. The lowest BCUT2D eigenvalue weighted by Crippen LogP contribution is -2.08. The van der Waals surface area contributed by atoms with Gasteiger partial charge in [-0.15, -0.1) is 0 Å². The van der Waals surface area contributed by atoms with E-state index >= 15 is 0 Å². The number of aryl methyl sites for hydroxylation is 1. The van der Waals surface area contributed by atoms with Crippen molar-refractivity contribution in [3.8, 4) is 11.3 Å². The molecule has 2 heterocycles. The second-order valence-electron chi connectivity index (χ2n) is 4.70. The molecule has 0 atom stereocenters. The molecule has 21 heavy (non-hydrogen) atoms. The van der Waals surface area contributed by atoms with Gasteiger partial charge in [0.1, 0.15) is 5.15 Å². The van der Waals surface area contributed by atoms with Gasteiger partial charge in [0.2, 0.25) is 0 Å². The zero-order chi connectivity index (χ0) is 15.0. The first kappa shape index (κ1) is 13.6. The standard InChI is InChI=1S/C15H12ClN3O2/c1-9-11(7-14(20)21)15(16)19-13(17-9)8-12(18-19)10-5-3-2-4-6-10/h2-6,8H,7H2,1H3,(H,20,21). The molecule has 2 aromatic heterocycles. The van der Waals surface area contributed by atoms with E-state index in [0.29, 0.717) is 22.1 Å². The highest BCUT2D eigenvalue weighted by molar-refractivity contribution is 6.30. The first-order valence-electron chi connectivity index (χ1n) is 6.38. The van der Waals surface area contributed by atoms with Crippen LogP contribution in [0, 0.1) is 6.92 Å². The highest BCUT2D eigenvalue weighted by Crippen LogP contribution is 2.25. The maximum absolute atomic E-state index is 10.9. The molecule has 0 saturated heterocycles. The number of carbonyl (C=O) groups is 1. The van der Waals surface area contributed by atoms with E-state index in [1.807, 2.05) is 36.4 Å². The molecule has 0 radical (unpaired) electrons. The first-order valence-corrected chi connectivity index (χ1v) is 6.76. The lowest BCUT2D eigenvalue weighted by molar-refractivity contribution is -0.136. The molecule has 0 aliphatic heterocycles. The molecule has 0 aliphatic rings. The number of rotatable bonds is 3. The average molecular weight is 302 g/mol. The predicted octanol–water partition coefficient (Wildman–Crippen LogP) is 2.99. The zero-order valence-electron chi connectivity index (χ0n) is 11.2. The quantitative estimate of drug-likeness (QED) is 0.755. The number of carboxylic acids is 1. The fourth-order valence-electron chi connectivity index (χ4n) is 2.21. The molecular formula is C15H12ClN3O2. The number of hydrogen-bond acceptors (Lipinski definition) is 3. The summed E-state index contributed by atoms with van der Waals surface area (Å²) in [7, 11) is 0. The van der Waals surface area contributed by atoms with Gasteiger partial charge in [0, 0.05) is 22.9 Å². The average Bonchev–Trinajstić information content (AvgIpc) is 2.88. The van der Waals surface area contributed by atoms with Crippen LogP contribution in [0.4, 0.5) is 0 Å². The zero-order valence-corrected chi connectivity index (χ0v) is 12.0. The van der Waals surface area contributed by atoms with Crippen LogP contribution in [0.3, 0.4) is 0 Å². The molecule has 0 saturated carbocycles. The minimum atomic E-state index is -0.948. The maximum Gasteiger partial charge on any atom is 0.308 e. The smallest absolute Gasteiger partial charge is 0.308 e. The predicted molar refractivity (Wildman–Crippen MR) is 79.5 cm³/mol. The molecule has 0 fully saturated rings. The number of fused-ring (bicyclic) bond motifs is 1. The lowest BCUT2D eigenvalue weighted by Gasteiger charge is -2.06. The van der Waals surface area contributed by atoms with Crippen LogP contribution in [0.15, 0.2) is 36.4 Å². The Morgan fingerprint density at radius 2 is 2.05 bits per heavy atom. The molecule has 0 bridgehead atoms. The summed E-state index contributed by atoms with van der Waals surface area (Å²) in [6.45, 7) is 1.75.